The maximum atomic E-state index is 12.6. The summed E-state index contributed by atoms with van der Waals surface area (Å²) < 4.78 is 76.9. The summed E-state index contributed by atoms with van der Waals surface area (Å²) in [6.45, 7) is -1.59. The first kappa shape index (κ1) is 21.5. The molecular formula is C16H12F5N3O3S. The lowest BCUT2D eigenvalue weighted by molar-refractivity contribution is -0.0529. The van der Waals surface area contributed by atoms with Crippen molar-refractivity contribution in [1.82, 2.24) is 9.97 Å². The van der Waals surface area contributed by atoms with Crippen LogP contribution in [-0.4, -0.2) is 27.5 Å². The number of aromatic nitrogens is 2. The van der Waals surface area contributed by atoms with Crippen LogP contribution in [0.2, 0.25) is 0 Å². The summed E-state index contributed by atoms with van der Waals surface area (Å²) >= 11 is -0.354. The molecule has 0 spiro atoms. The van der Waals surface area contributed by atoms with Crippen molar-refractivity contribution in [2.75, 3.05) is 0 Å². The quantitative estimate of drug-likeness (QED) is 0.433. The van der Waals surface area contributed by atoms with Crippen LogP contribution in [0.4, 0.5) is 22.0 Å². The first-order valence-corrected chi connectivity index (χ1v) is 8.48. The van der Waals surface area contributed by atoms with Crippen molar-refractivity contribution in [3.05, 3.63) is 36.0 Å². The van der Waals surface area contributed by atoms with Gasteiger partial charge in [0.15, 0.2) is 5.44 Å². The van der Waals surface area contributed by atoms with Gasteiger partial charge in [-0.25, -0.2) is 4.98 Å². The molecule has 0 amide bonds. The molecule has 2 aromatic rings. The van der Waals surface area contributed by atoms with Crippen molar-refractivity contribution >= 4 is 11.8 Å². The van der Waals surface area contributed by atoms with E-state index in [0.717, 1.165) is 18.3 Å². The van der Waals surface area contributed by atoms with E-state index in [1.165, 1.54) is 19.1 Å². The molecular weight excluding hydrogens is 409 g/mol. The van der Waals surface area contributed by atoms with Crippen LogP contribution in [0.1, 0.15) is 18.9 Å². The summed E-state index contributed by atoms with van der Waals surface area (Å²) in [6.07, 6.45) is 1.17. The van der Waals surface area contributed by atoms with E-state index in [2.05, 4.69) is 14.7 Å². The molecule has 2 heterocycles. The van der Waals surface area contributed by atoms with Crippen LogP contribution in [0, 0.1) is 11.3 Å². The normalized spacial score (nSPS) is 12.4. The number of alkyl halides is 5. The molecule has 150 valence electrons. The number of hydrogen-bond acceptors (Lipinski definition) is 7. The molecule has 0 fully saturated rings. The molecule has 0 aliphatic carbocycles. The molecule has 2 rings (SSSR count). The Bertz CT molecular complexity index is 845. The van der Waals surface area contributed by atoms with E-state index in [0.29, 0.717) is 0 Å². The van der Waals surface area contributed by atoms with Gasteiger partial charge >= 0.3 is 12.1 Å². The number of thioether (sulfide) groups is 1. The maximum Gasteiger partial charge on any atom is 0.445 e. The number of nitriles is 1. The Balaban J connectivity index is 2.22. The highest BCUT2D eigenvalue weighted by Crippen LogP contribution is 2.36. The molecule has 0 aliphatic heterocycles. The first-order chi connectivity index (χ1) is 13.2. The van der Waals surface area contributed by atoms with Gasteiger partial charge in [0.2, 0.25) is 17.6 Å². The fourth-order valence-electron chi connectivity index (χ4n) is 1.86. The van der Waals surface area contributed by atoms with Crippen LogP contribution in [-0.2, 0) is 0 Å². The second-order valence-electron chi connectivity index (χ2n) is 4.97. The summed E-state index contributed by atoms with van der Waals surface area (Å²) in [5.74, 6) is -0.838. The standard InChI is InChI=1S/C16H12F5N3O3S/c1-2-14(28-16(19,20)21)26-13-6-9(8-22)5-12(24-13)25-10-3-4-23-11(7-10)27-15(17)18/h3-7,14-15H,2H2,1H3. The van der Waals surface area contributed by atoms with E-state index in [4.69, 9.17) is 14.7 Å². The van der Waals surface area contributed by atoms with Gasteiger partial charge in [-0.3, -0.25) is 0 Å². The Morgan fingerprint density at radius 3 is 2.46 bits per heavy atom. The van der Waals surface area contributed by atoms with Gasteiger partial charge in [-0.05, 0) is 24.2 Å². The smallest absolute Gasteiger partial charge is 0.445 e. The zero-order chi connectivity index (χ0) is 20.7. The molecule has 0 saturated carbocycles. The number of hydrogen-bond donors (Lipinski definition) is 0. The van der Waals surface area contributed by atoms with E-state index in [9.17, 15) is 22.0 Å². The van der Waals surface area contributed by atoms with Crippen molar-refractivity contribution in [2.45, 2.75) is 30.9 Å². The van der Waals surface area contributed by atoms with Crippen LogP contribution >= 0.6 is 11.8 Å². The third-order valence-corrected chi connectivity index (χ3v) is 3.86. The topological polar surface area (TPSA) is 77.3 Å². The monoisotopic (exact) mass is 421 g/mol. The van der Waals surface area contributed by atoms with Crippen molar-refractivity contribution in [3.63, 3.8) is 0 Å². The van der Waals surface area contributed by atoms with Gasteiger partial charge in [0.05, 0.1) is 11.6 Å². The van der Waals surface area contributed by atoms with Crippen molar-refractivity contribution < 1.29 is 36.2 Å². The largest absolute Gasteiger partial charge is 0.463 e. The van der Waals surface area contributed by atoms with Crippen LogP contribution in [0.3, 0.4) is 0 Å². The van der Waals surface area contributed by atoms with Gasteiger partial charge in [0.1, 0.15) is 5.75 Å². The summed E-state index contributed by atoms with van der Waals surface area (Å²) in [5, 5.41) is 9.09. The Labute approximate surface area is 160 Å². The Morgan fingerprint density at radius 2 is 1.86 bits per heavy atom. The fraction of sp³-hybridized carbons (Fsp3) is 0.312. The van der Waals surface area contributed by atoms with E-state index in [1.54, 1.807) is 6.07 Å². The maximum absolute atomic E-state index is 12.6. The van der Waals surface area contributed by atoms with E-state index >= 15 is 0 Å². The molecule has 1 atom stereocenters. The highest BCUT2D eigenvalue weighted by Gasteiger charge is 2.33. The number of ether oxygens (including phenoxy) is 3. The molecule has 6 nitrogen and oxygen atoms in total. The number of halogens is 5. The van der Waals surface area contributed by atoms with E-state index in [-0.39, 0.29) is 41.3 Å². The highest BCUT2D eigenvalue weighted by atomic mass is 32.2. The predicted octanol–water partition coefficient (Wildman–Crippen LogP) is 5.11. The van der Waals surface area contributed by atoms with Crippen molar-refractivity contribution in [3.8, 4) is 29.5 Å². The molecule has 0 N–H and O–H groups in total. The zero-order valence-electron chi connectivity index (χ0n) is 14.1. The Kier molecular flexibility index (Phi) is 7.22. The molecule has 12 heteroatoms. The molecule has 0 bridgehead atoms. The van der Waals surface area contributed by atoms with Crippen molar-refractivity contribution in [1.29, 1.82) is 5.26 Å². The second-order valence-corrected chi connectivity index (χ2v) is 6.20. The van der Waals surface area contributed by atoms with Gasteiger partial charge in [-0.2, -0.15) is 32.2 Å². The summed E-state index contributed by atoms with van der Waals surface area (Å²) in [4.78, 5) is 7.47. The minimum Gasteiger partial charge on any atom is -0.463 e. The van der Waals surface area contributed by atoms with Crippen LogP contribution in [0.15, 0.2) is 30.5 Å². The molecule has 1 unspecified atom stereocenters. The van der Waals surface area contributed by atoms with Gasteiger partial charge in [-0.15, -0.1) is 0 Å². The molecule has 28 heavy (non-hydrogen) atoms. The zero-order valence-corrected chi connectivity index (χ0v) is 14.9. The molecule has 2 aromatic heterocycles. The third-order valence-electron chi connectivity index (χ3n) is 2.90. The Hall–Kier alpha value is -2.81. The van der Waals surface area contributed by atoms with E-state index in [1.807, 2.05) is 0 Å². The van der Waals surface area contributed by atoms with Gasteiger partial charge in [0, 0.05) is 24.4 Å². The molecule has 0 radical (unpaired) electrons. The summed E-state index contributed by atoms with van der Waals surface area (Å²) in [6, 6.07) is 6.54. The van der Waals surface area contributed by atoms with Gasteiger partial charge in [0.25, 0.3) is 0 Å². The average molecular weight is 421 g/mol. The Morgan fingerprint density at radius 1 is 1.14 bits per heavy atom. The fourth-order valence-corrected chi connectivity index (χ4v) is 2.48. The van der Waals surface area contributed by atoms with E-state index < -0.39 is 23.4 Å². The second kappa shape index (κ2) is 9.41. The van der Waals surface area contributed by atoms with Gasteiger partial charge < -0.3 is 14.2 Å². The number of nitrogens with zero attached hydrogens (tertiary/aromatic N) is 3. The lowest BCUT2D eigenvalue weighted by Gasteiger charge is -2.18. The van der Waals surface area contributed by atoms with Crippen LogP contribution in [0.25, 0.3) is 0 Å². The first-order valence-electron chi connectivity index (χ1n) is 7.60. The SMILES string of the molecule is CCC(Oc1cc(C#N)cc(Oc2ccnc(OC(F)F)c2)n1)SC(F)(F)F. The molecule has 0 aromatic carbocycles. The average Bonchev–Trinajstić information content (AvgIpc) is 2.59. The van der Waals surface area contributed by atoms with Gasteiger partial charge in [-0.1, -0.05) is 6.92 Å². The third kappa shape index (κ3) is 7.07. The minimum absolute atomic E-state index is 0.0101. The number of rotatable bonds is 8. The predicted molar refractivity (Wildman–Crippen MR) is 88.2 cm³/mol. The molecule has 0 saturated heterocycles. The summed E-state index contributed by atoms with van der Waals surface area (Å²) in [7, 11) is 0. The lowest BCUT2D eigenvalue weighted by Crippen LogP contribution is -2.18. The molecule has 0 aliphatic rings. The summed E-state index contributed by atoms with van der Waals surface area (Å²) in [5.41, 5.74) is -5.77. The van der Waals surface area contributed by atoms with Crippen LogP contribution in [0.5, 0.6) is 23.4 Å². The van der Waals surface area contributed by atoms with Crippen molar-refractivity contribution in [2.24, 2.45) is 0 Å². The minimum atomic E-state index is -4.51. The number of pyridine rings is 2. The lowest BCUT2D eigenvalue weighted by atomic mass is 10.3. The highest BCUT2D eigenvalue weighted by molar-refractivity contribution is 8.00. The van der Waals surface area contributed by atoms with Crippen LogP contribution < -0.4 is 14.2 Å².